The minimum Gasteiger partial charge on any atom is -0.207 e. The van der Waals surface area contributed by atoms with Gasteiger partial charge in [0, 0.05) is 18.1 Å². The number of nitrogens with zero attached hydrogens (tertiary/aromatic N) is 1. The van der Waals surface area contributed by atoms with Gasteiger partial charge >= 0.3 is 0 Å². The van der Waals surface area contributed by atoms with Crippen molar-refractivity contribution in [3.63, 3.8) is 0 Å². The Kier molecular flexibility index (Phi) is 4.62. The molecule has 0 atom stereocenters. The number of rotatable bonds is 4. The molecule has 0 saturated heterocycles. The maximum absolute atomic E-state index is 12.6. The molecule has 0 radical (unpaired) electrons. The summed E-state index contributed by atoms with van der Waals surface area (Å²) in [5.41, 5.74) is 2.09. The van der Waals surface area contributed by atoms with Crippen molar-refractivity contribution in [2.75, 3.05) is 7.05 Å². The van der Waals surface area contributed by atoms with Gasteiger partial charge in [-0.15, -0.1) is 0 Å². The van der Waals surface area contributed by atoms with E-state index in [9.17, 15) is 8.42 Å². The summed E-state index contributed by atoms with van der Waals surface area (Å²) in [5, 5.41) is 0. The molecular weight excluding hydrogens is 338 g/mol. The van der Waals surface area contributed by atoms with E-state index in [4.69, 9.17) is 0 Å². The van der Waals surface area contributed by atoms with Crippen molar-refractivity contribution >= 4 is 26.0 Å². The number of halogens is 1. The third-order valence-electron chi connectivity index (χ3n) is 3.18. The Labute approximate surface area is 128 Å². The predicted molar refractivity (Wildman–Crippen MR) is 84.0 cm³/mol. The van der Waals surface area contributed by atoms with Crippen molar-refractivity contribution in [1.82, 2.24) is 4.31 Å². The molecule has 20 heavy (non-hydrogen) atoms. The highest BCUT2D eigenvalue weighted by molar-refractivity contribution is 9.10. The van der Waals surface area contributed by atoms with Crippen LogP contribution < -0.4 is 0 Å². The monoisotopic (exact) mass is 353 g/mol. The highest BCUT2D eigenvalue weighted by atomic mass is 79.9. The van der Waals surface area contributed by atoms with Crippen LogP contribution in [0.1, 0.15) is 11.1 Å². The first-order chi connectivity index (χ1) is 9.43. The molecule has 0 heterocycles. The van der Waals surface area contributed by atoms with Gasteiger partial charge in [0.1, 0.15) is 0 Å². The molecule has 0 amide bonds. The average Bonchev–Trinajstić information content (AvgIpc) is 2.41. The van der Waals surface area contributed by atoms with Gasteiger partial charge in [0.15, 0.2) is 0 Å². The Balaban J connectivity index is 2.31. The number of aryl methyl sites for hydroxylation is 1. The zero-order valence-corrected chi connectivity index (χ0v) is 13.8. The molecule has 0 bridgehead atoms. The van der Waals surface area contributed by atoms with Gasteiger partial charge in [0.05, 0.1) is 4.90 Å². The lowest BCUT2D eigenvalue weighted by molar-refractivity contribution is 0.465. The third-order valence-corrected chi connectivity index (χ3v) is 5.99. The maximum Gasteiger partial charge on any atom is 0.244 e. The third kappa shape index (κ3) is 3.11. The predicted octanol–water partition coefficient (Wildman–Crippen LogP) is 3.58. The van der Waals surface area contributed by atoms with Gasteiger partial charge in [0.2, 0.25) is 10.0 Å². The van der Waals surface area contributed by atoms with Gasteiger partial charge < -0.3 is 0 Å². The molecule has 2 aromatic carbocycles. The highest BCUT2D eigenvalue weighted by Gasteiger charge is 2.23. The molecule has 2 aromatic rings. The first-order valence-electron chi connectivity index (χ1n) is 6.18. The quantitative estimate of drug-likeness (QED) is 0.842. The molecule has 0 N–H and O–H groups in total. The molecule has 0 aliphatic heterocycles. The summed E-state index contributed by atoms with van der Waals surface area (Å²) in [6.07, 6.45) is 0. The molecule has 2 rings (SSSR count). The first kappa shape index (κ1) is 15.2. The molecule has 3 nitrogen and oxygen atoms in total. The van der Waals surface area contributed by atoms with Crippen LogP contribution in [0.25, 0.3) is 0 Å². The van der Waals surface area contributed by atoms with Crippen molar-refractivity contribution in [3.05, 3.63) is 64.1 Å². The second-order valence-corrected chi connectivity index (χ2v) is 7.49. The average molecular weight is 354 g/mol. The minimum absolute atomic E-state index is 0.288. The van der Waals surface area contributed by atoms with Crippen LogP contribution in [0.5, 0.6) is 0 Å². The lowest BCUT2D eigenvalue weighted by atomic mass is 10.1. The summed E-state index contributed by atoms with van der Waals surface area (Å²) in [6, 6.07) is 14.6. The van der Waals surface area contributed by atoms with Crippen molar-refractivity contribution in [3.8, 4) is 0 Å². The summed E-state index contributed by atoms with van der Waals surface area (Å²) in [7, 11) is -1.90. The lowest BCUT2D eigenvalue weighted by Gasteiger charge is -2.19. The van der Waals surface area contributed by atoms with Crippen LogP contribution >= 0.6 is 15.9 Å². The number of hydrogen-bond acceptors (Lipinski definition) is 2. The van der Waals surface area contributed by atoms with E-state index < -0.39 is 10.0 Å². The zero-order chi connectivity index (χ0) is 14.8. The van der Waals surface area contributed by atoms with E-state index in [1.807, 2.05) is 31.2 Å². The Morgan fingerprint density at radius 3 is 2.30 bits per heavy atom. The Hall–Kier alpha value is -1.17. The minimum atomic E-state index is -3.50. The summed E-state index contributed by atoms with van der Waals surface area (Å²) in [5.74, 6) is 0. The topological polar surface area (TPSA) is 37.4 Å². The van der Waals surface area contributed by atoms with Crippen LogP contribution in [-0.2, 0) is 16.6 Å². The molecule has 0 aromatic heterocycles. The maximum atomic E-state index is 12.6. The Morgan fingerprint density at radius 2 is 1.65 bits per heavy atom. The van der Waals surface area contributed by atoms with Gasteiger partial charge in [-0.1, -0.05) is 36.4 Å². The highest BCUT2D eigenvalue weighted by Crippen LogP contribution is 2.25. The summed E-state index contributed by atoms with van der Waals surface area (Å²) < 4.78 is 27.1. The van der Waals surface area contributed by atoms with Crippen LogP contribution in [0.3, 0.4) is 0 Å². The molecule has 0 saturated carbocycles. The van der Waals surface area contributed by atoms with Crippen LogP contribution in [0.2, 0.25) is 0 Å². The van der Waals surface area contributed by atoms with Crippen LogP contribution in [0, 0.1) is 6.92 Å². The van der Waals surface area contributed by atoms with E-state index in [1.165, 1.54) is 4.31 Å². The fourth-order valence-electron chi connectivity index (χ4n) is 1.93. The van der Waals surface area contributed by atoms with Crippen molar-refractivity contribution in [2.24, 2.45) is 0 Å². The molecule has 0 unspecified atom stereocenters. The van der Waals surface area contributed by atoms with Gasteiger partial charge in [0.25, 0.3) is 0 Å². The summed E-state index contributed by atoms with van der Waals surface area (Å²) in [4.78, 5) is 0.288. The van der Waals surface area contributed by atoms with Gasteiger partial charge in [-0.3, -0.25) is 0 Å². The zero-order valence-electron chi connectivity index (χ0n) is 11.4. The fraction of sp³-hybridized carbons (Fsp3) is 0.200. The van der Waals surface area contributed by atoms with E-state index in [1.54, 1.807) is 31.3 Å². The standard InChI is InChI=1S/C15H16BrNO2S/c1-12-7-3-4-8-13(12)11-17(2)20(18,19)15-10-6-5-9-14(15)16/h3-10H,11H2,1-2H3. The van der Waals surface area contributed by atoms with Crippen LogP contribution in [0.15, 0.2) is 57.9 Å². The molecule has 0 aliphatic rings. The largest absolute Gasteiger partial charge is 0.244 e. The van der Waals surface area contributed by atoms with Crippen LogP contribution in [0.4, 0.5) is 0 Å². The smallest absolute Gasteiger partial charge is 0.207 e. The normalized spacial score (nSPS) is 11.8. The number of sulfonamides is 1. The molecule has 0 fully saturated rings. The second-order valence-electron chi connectivity index (χ2n) is 4.62. The van der Waals surface area contributed by atoms with Crippen molar-refractivity contribution in [1.29, 1.82) is 0 Å². The molecule has 5 heteroatoms. The van der Waals surface area contributed by atoms with Gasteiger partial charge in [-0.25, -0.2) is 8.42 Å². The Morgan fingerprint density at radius 1 is 1.05 bits per heavy atom. The van der Waals surface area contributed by atoms with E-state index >= 15 is 0 Å². The van der Waals surface area contributed by atoms with E-state index in [-0.39, 0.29) is 4.90 Å². The number of hydrogen-bond donors (Lipinski definition) is 0. The lowest BCUT2D eigenvalue weighted by Crippen LogP contribution is -2.27. The molecule has 0 spiro atoms. The van der Waals surface area contributed by atoms with E-state index in [2.05, 4.69) is 15.9 Å². The SMILES string of the molecule is Cc1ccccc1CN(C)S(=O)(=O)c1ccccc1Br. The molecular formula is C15H16BrNO2S. The number of benzene rings is 2. The van der Waals surface area contributed by atoms with Crippen molar-refractivity contribution < 1.29 is 8.42 Å². The molecule has 0 aliphatic carbocycles. The molecule has 106 valence electrons. The summed E-state index contributed by atoms with van der Waals surface area (Å²) in [6.45, 7) is 2.34. The van der Waals surface area contributed by atoms with Gasteiger partial charge in [-0.2, -0.15) is 4.31 Å². The Bertz CT molecular complexity index is 713. The van der Waals surface area contributed by atoms with Crippen molar-refractivity contribution in [2.45, 2.75) is 18.4 Å². The van der Waals surface area contributed by atoms with Gasteiger partial charge in [-0.05, 0) is 46.1 Å². The summed E-state index contributed by atoms with van der Waals surface area (Å²) >= 11 is 3.29. The fourth-order valence-corrected chi connectivity index (χ4v) is 4.04. The van der Waals surface area contributed by atoms with E-state index in [0.29, 0.717) is 11.0 Å². The second kappa shape index (κ2) is 6.08. The first-order valence-corrected chi connectivity index (χ1v) is 8.41. The van der Waals surface area contributed by atoms with Crippen LogP contribution in [-0.4, -0.2) is 19.8 Å². The van der Waals surface area contributed by atoms with E-state index in [0.717, 1.165) is 11.1 Å².